The minimum absolute atomic E-state index is 0.316. The molecular weight excluding hydrogens is 322 g/mol. The van der Waals surface area contributed by atoms with Crippen LogP contribution in [0.4, 0.5) is 0 Å². The molecule has 1 aliphatic carbocycles. The van der Waals surface area contributed by atoms with E-state index in [0.29, 0.717) is 28.8 Å². The number of aryl methyl sites for hydroxylation is 1. The highest BCUT2D eigenvalue weighted by Gasteiger charge is 2.41. The van der Waals surface area contributed by atoms with Crippen LogP contribution in [0.2, 0.25) is 0 Å². The van der Waals surface area contributed by atoms with Crippen molar-refractivity contribution >= 4 is 21.4 Å². The van der Waals surface area contributed by atoms with Gasteiger partial charge in [-0.2, -0.15) is 9.71 Å². The van der Waals surface area contributed by atoms with Gasteiger partial charge in [-0.15, -0.1) is 11.3 Å². The lowest BCUT2D eigenvalue weighted by Gasteiger charge is -2.30. The van der Waals surface area contributed by atoms with E-state index >= 15 is 0 Å². The van der Waals surface area contributed by atoms with Gasteiger partial charge >= 0.3 is 0 Å². The first-order valence-electron chi connectivity index (χ1n) is 7.40. The first kappa shape index (κ1) is 15.6. The van der Waals surface area contributed by atoms with Crippen LogP contribution in [-0.2, 0) is 15.6 Å². The van der Waals surface area contributed by atoms with Crippen LogP contribution in [0.5, 0.6) is 0 Å². The van der Waals surface area contributed by atoms with Gasteiger partial charge in [-0.05, 0) is 24.3 Å². The monoisotopic (exact) mass is 341 g/mol. The van der Waals surface area contributed by atoms with E-state index in [4.69, 9.17) is 4.52 Å². The molecule has 1 saturated carbocycles. The maximum Gasteiger partial charge on any atom is 0.250 e. The SMILES string of the molecule is Cc1nc(C2(NS(=O)(=O)c3cccs3)CCCCCC2)no1. The minimum atomic E-state index is -3.58. The van der Waals surface area contributed by atoms with Crippen molar-refractivity contribution in [1.82, 2.24) is 14.9 Å². The fourth-order valence-electron chi connectivity index (χ4n) is 2.92. The lowest BCUT2D eigenvalue weighted by Crippen LogP contribution is -2.46. The molecule has 3 rings (SSSR count). The van der Waals surface area contributed by atoms with Crippen molar-refractivity contribution in [2.75, 3.05) is 0 Å². The van der Waals surface area contributed by atoms with Crippen LogP contribution in [0.1, 0.15) is 50.2 Å². The molecule has 6 nitrogen and oxygen atoms in total. The Hall–Kier alpha value is -1.25. The predicted octanol–water partition coefficient (Wildman–Crippen LogP) is 2.97. The molecule has 0 aromatic carbocycles. The van der Waals surface area contributed by atoms with E-state index in [1.165, 1.54) is 11.3 Å². The van der Waals surface area contributed by atoms with Gasteiger partial charge in [0.15, 0.2) is 5.82 Å². The van der Waals surface area contributed by atoms with Gasteiger partial charge in [0.25, 0.3) is 10.0 Å². The lowest BCUT2D eigenvalue weighted by molar-refractivity contribution is 0.301. The average Bonchev–Trinajstić information content (AvgIpc) is 3.09. The van der Waals surface area contributed by atoms with Gasteiger partial charge in [-0.25, -0.2) is 8.42 Å². The zero-order chi connectivity index (χ0) is 15.6. The third-order valence-corrected chi connectivity index (χ3v) is 6.94. The first-order chi connectivity index (χ1) is 10.5. The molecule has 2 heterocycles. The second-order valence-corrected chi connectivity index (χ2v) is 8.53. The fourth-order valence-corrected chi connectivity index (χ4v) is 5.34. The number of sulfonamides is 1. The van der Waals surface area contributed by atoms with Crippen LogP contribution >= 0.6 is 11.3 Å². The lowest BCUT2D eigenvalue weighted by atomic mass is 9.91. The fraction of sp³-hybridized carbons (Fsp3) is 0.571. The van der Waals surface area contributed by atoms with Gasteiger partial charge in [-0.1, -0.05) is 36.9 Å². The molecule has 0 saturated heterocycles. The minimum Gasteiger partial charge on any atom is -0.340 e. The molecule has 8 heteroatoms. The summed E-state index contributed by atoms with van der Waals surface area (Å²) < 4.78 is 33.6. The van der Waals surface area contributed by atoms with Crippen molar-refractivity contribution in [2.45, 2.75) is 55.2 Å². The Bertz CT molecular complexity index is 714. The summed E-state index contributed by atoms with van der Waals surface area (Å²) >= 11 is 1.21. The van der Waals surface area contributed by atoms with Crippen molar-refractivity contribution in [3.63, 3.8) is 0 Å². The molecule has 1 N–H and O–H groups in total. The maximum atomic E-state index is 12.7. The zero-order valence-corrected chi connectivity index (χ0v) is 14.0. The standard InChI is InChI=1S/C14H19N3O3S2/c1-11-15-13(16-20-11)14(8-4-2-3-5-9-14)17-22(18,19)12-7-6-10-21-12/h6-7,10,17H,2-5,8-9H2,1H3. The Morgan fingerprint density at radius 1 is 1.27 bits per heavy atom. The van der Waals surface area contributed by atoms with Crippen molar-refractivity contribution in [2.24, 2.45) is 0 Å². The molecule has 0 aliphatic heterocycles. The van der Waals surface area contributed by atoms with Crippen molar-refractivity contribution in [3.05, 3.63) is 29.2 Å². The third-order valence-electron chi connectivity index (χ3n) is 4.00. The van der Waals surface area contributed by atoms with E-state index in [1.54, 1.807) is 24.4 Å². The highest BCUT2D eigenvalue weighted by atomic mass is 32.2. The van der Waals surface area contributed by atoms with Crippen molar-refractivity contribution in [1.29, 1.82) is 0 Å². The summed E-state index contributed by atoms with van der Waals surface area (Å²) in [7, 11) is -3.58. The Labute approximate surface area is 134 Å². The summed E-state index contributed by atoms with van der Waals surface area (Å²) in [6, 6.07) is 3.34. The van der Waals surface area contributed by atoms with E-state index in [2.05, 4.69) is 14.9 Å². The molecule has 0 spiro atoms. The molecule has 2 aromatic rings. The average molecular weight is 341 g/mol. The quantitative estimate of drug-likeness (QED) is 0.864. The summed E-state index contributed by atoms with van der Waals surface area (Å²) in [5, 5.41) is 5.77. The van der Waals surface area contributed by atoms with Crippen LogP contribution in [-0.4, -0.2) is 18.6 Å². The second-order valence-electron chi connectivity index (χ2n) is 5.67. The van der Waals surface area contributed by atoms with Gasteiger partial charge in [0.1, 0.15) is 4.21 Å². The smallest absolute Gasteiger partial charge is 0.250 e. The topological polar surface area (TPSA) is 85.1 Å². The molecule has 1 fully saturated rings. The Morgan fingerprint density at radius 3 is 2.55 bits per heavy atom. The summed E-state index contributed by atoms with van der Waals surface area (Å²) in [4.78, 5) is 4.31. The van der Waals surface area contributed by atoms with E-state index in [1.807, 2.05) is 0 Å². The van der Waals surface area contributed by atoms with Gasteiger partial charge < -0.3 is 4.52 Å². The Morgan fingerprint density at radius 2 is 2.00 bits per heavy atom. The third kappa shape index (κ3) is 3.09. The zero-order valence-electron chi connectivity index (χ0n) is 12.4. The number of nitrogens with one attached hydrogen (secondary N) is 1. The number of hydrogen-bond donors (Lipinski definition) is 1. The molecule has 0 unspecified atom stereocenters. The highest BCUT2D eigenvalue weighted by Crippen LogP contribution is 2.36. The molecule has 0 radical (unpaired) electrons. The molecule has 0 atom stereocenters. The van der Waals surface area contributed by atoms with E-state index in [-0.39, 0.29) is 0 Å². The van der Waals surface area contributed by atoms with E-state index in [9.17, 15) is 8.42 Å². The predicted molar refractivity (Wildman–Crippen MR) is 83.1 cm³/mol. The van der Waals surface area contributed by atoms with Gasteiger partial charge in [0.05, 0.1) is 5.54 Å². The molecular formula is C14H19N3O3S2. The van der Waals surface area contributed by atoms with Gasteiger partial charge in [-0.3, -0.25) is 0 Å². The number of thiophene rings is 1. The highest BCUT2D eigenvalue weighted by molar-refractivity contribution is 7.91. The Kier molecular flexibility index (Phi) is 4.33. The summed E-state index contributed by atoms with van der Waals surface area (Å²) in [6.07, 6.45) is 5.47. The summed E-state index contributed by atoms with van der Waals surface area (Å²) in [5.41, 5.74) is -0.767. The molecule has 120 valence electrons. The maximum absolute atomic E-state index is 12.7. The molecule has 0 bridgehead atoms. The molecule has 0 amide bonds. The van der Waals surface area contributed by atoms with Crippen LogP contribution in [0.25, 0.3) is 0 Å². The largest absolute Gasteiger partial charge is 0.340 e. The molecule has 22 heavy (non-hydrogen) atoms. The summed E-state index contributed by atoms with van der Waals surface area (Å²) in [6.45, 7) is 1.72. The van der Waals surface area contributed by atoms with E-state index in [0.717, 1.165) is 25.7 Å². The molecule has 1 aliphatic rings. The van der Waals surface area contributed by atoms with Crippen molar-refractivity contribution < 1.29 is 12.9 Å². The number of nitrogens with zero attached hydrogens (tertiary/aromatic N) is 2. The van der Waals surface area contributed by atoms with Gasteiger partial charge in [0, 0.05) is 6.92 Å². The normalized spacial score (nSPS) is 19.0. The van der Waals surface area contributed by atoms with Crippen LogP contribution in [0.15, 0.2) is 26.2 Å². The van der Waals surface area contributed by atoms with E-state index < -0.39 is 15.6 Å². The van der Waals surface area contributed by atoms with Gasteiger partial charge in [0.2, 0.25) is 5.89 Å². The first-order valence-corrected chi connectivity index (χ1v) is 9.76. The van der Waals surface area contributed by atoms with Crippen LogP contribution in [0.3, 0.4) is 0 Å². The number of aromatic nitrogens is 2. The number of hydrogen-bond acceptors (Lipinski definition) is 6. The summed E-state index contributed by atoms with van der Waals surface area (Å²) in [5.74, 6) is 0.904. The number of rotatable bonds is 4. The van der Waals surface area contributed by atoms with Crippen molar-refractivity contribution in [3.8, 4) is 0 Å². The van der Waals surface area contributed by atoms with Crippen LogP contribution in [0, 0.1) is 6.92 Å². The van der Waals surface area contributed by atoms with Crippen LogP contribution < -0.4 is 4.72 Å². The Balaban J connectivity index is 1.99. The second kappa shape index (κ2) is 6.10. The molecule has 2 aromatic heterocycles.